The van der Waals surface area contributed by atoms with E-state index in [0.717, 1.165) is 16.1 Å². The van der Waals surface area contributed by atoms with Gasteiger partial charge in [-0.15, -0.1) is 0 Å². The summed E-state index contributed by atoms with van der Waals surface area (Å²) in [6.07, 6.45) is 0.998. The molecular weight excluding hydrogens is 534 g/mol. The summed E-state index contributed by atoms with van der Waals surface area (Å²) in [5, 5.41) is 3.41. The molecule has 13 heteroatoms. The number of amides is 1. The van der Waals surface area contributed by atoms with E-state index >= 15 is 0 Å². The SMILES string of the molecule is CS(=O)(=O)N(CC(=O)NCCSCc1ccccc1Cl)c1ccc(S(=O)(=O)N2CCOCC2)cc1. The number of nitrogens with one attached hydrogen (secondary N) is 1. The molecule has 1 aliphatic rings. The van der Waals surface area contributed by atoms with E-state index in [1.807, 2.05) is 24.3 Å². The van der Waals surface area contributed by atoms with Gasteiger partial charge in [0.05, 0.1) is 30.1 Å². The Hall–Kier alpha value is -1.83. The van der Waals surface area contributed by atoms with E-state index in [1.54, 1.807) is 11.8 Å². The number of halogens is 1. The summed E-state index contributed by atoms with van der Waals surface area (Å²) in [7, 11) is -7.49. The highest BCUT2D eigenvalue weighted by Crippen LogP contribution is 2.23. The maximum Gasteiger partial charge on any atom is 0.243 e. The number of rotatable bonds is 11. The number of benzene rings is 2. The lowest BCUT2D eigenvalue weighted by atomic mass is 10.2. The molecule has 1 N–H and O–H groups in total. The second-order valence-electron chi connectivity index (χ2n) is 7.77. The van der Waals surface area contributed by atoms with Gasteiger partial charge in [0.2, 0.25) is 26.0 Å². The summed E-state index contributed by atoms with van der Waals surface area (Å²) in [5.74, 6) is 0.869. The molecule has 1 saturated heterocycles. The van der Waals surface area contributed by atoms with E-state index < -0.39 is 32.5 Å². The zero-order valence-electron chi connectivity index (χ0n) is 19.2. The van der Waals surface area contributed by atoms with Gasteiger partial charge in [-0.05, 0) is 35.9 Å². The minimum Gasteiger partial charge on any atom is -0.379 e. The van der Waals surface area contributed by atoms with Crippen molar-refractivity contribution in [3.05, 3.63) is 59.1 Å². The van der Waals surface area contributed by atoms with Crippen molar-refractivity contribution in [2.24, 2.45) is 0 Å². The molecule has 1 fully saturated rings. The average Bonchev–Trinajstić information content (AvgIpc) is 2.83. The summed E-state index contributed by atoms with van der Waals surface area (Å²) >= 11 is 7.73. The lowest BCUT2D eigenvalue weighted by molar-refractivity contribution is -0.119. The quantitative estimate of drug-likeness (QED) is 0.418. The van der Waals surface area contributed by atoms with Crippen LogP contribution in [0, 0.1) is 0 Å². The minimum atomic E-state index is -3.78. The standard InChI is InChI=1S/C22H28ClN3O6S3/c1-34(28,29)26(16-22(27)24-10-15-33-17-18-4-2-3-5-21(18)23)19-6-8-20(9-7-19)35(30,31)25-11-13-32-14-12-25/h2-9H,10-17H2,1H3,(H,24,27). The van der Waals surface area contributed by atoms with Crippen molar-refractivity contribution < 1.29 is 26.4 Å². The summed E-state index contributed by atoms with van der Waals surface area (Å²) < 4.78 is 57.8. The molecule has 0 saturated carbocycles. The Labute approximate surface area is 215 Å². The molecule has 35 heavy (non-hydrogen) atoms. The lowest BCUT2D eigenvalue weighted by Crippen LogP contribution is -2.41. The molecule has 0 unspecified atom stereocenters. The Bertz CT molecular complexity index is 1220. The van der Waals surface area contributed by atoms with Crippen LogP contribution in [0.2, 0.25) is 5.02 Å². The van der Waals surface area contributed by atoms with Gasteiger partial charge in [-0.3, -0.25) is 9.10 Å². The molecule has 2 aromatic carbocycles. The normalized spacial score (nSPS) is 15.0. The number of carbonyl (C=O) groups is 1. The highest BCUT2D eigenvalue weighted by atomic mass is 35.5. The van der Waals surface area contributed by atoms with E-state index in [1.165, 1.54) is 28.6 Å². The van der Waals surface area contributed by atoms with E-state index in [9.17, 15) is 21.6 Å². The fourth-order valence-corrected chi connectivity index (χ4v) is 6.78. The maximum atomic E-state index is 12.8. The number of ether oxygens (including phenoxy) is 1. The van der Waals surface area contributed by atoms with Crippen LogP contribution in [0.15, 0.2) is 53.4 Å². The molecule has 0 radical (unpaired) electrons. The second-order valence-corrected chi connectivity index (χ2v) is 13.1. The smallest absolute Gasteiger partial charge is 0.243 e. The molecule has 0 atom stereocenters. The van der Waals surface area contributed by atoms with Crippen LogP contribution in [0.5, 0.6) is 0 Å². The highest BCUT2D eigenvalue weighted by molar-refractivity contribution is 7.98. The highest BCUT2D eigenvalue weighted by Gasteiger charge is 2.27. The molecule has 1 heterocycles. The molecule has 1 aliphatic heterocycles. The predicted octanol–water partition coefficient (Wildman–Crippen LogP) is 2.18. The van der Waals surface area contributed by atoms with E-state index in [4.69, 9.17) is 16.3 Å². The van der Waals surface area contributed by atoms with E-state index in [-0.39, 0.29) is 23.7 Å². The van der Waals surface area contributed by atoms with E-state index in [0.29, 0.717) is 36.3 Å². The van der Waals surface area contributed by atoms with Gasteiger partial charge in [0.15, 0.2) is 0 Å². The summed E-state index contributed by atoms with van der Waals surface area (Å²) in [4.78, 5) is 12.5. The Morgan fingerprint density at radius 1 is 1.09 bits per heavy atom. The molecule has 0 bridgehead atoms. The molecule has 0 aromatic heterocycles. The molecule has 0 spiro atoms. The van der Waals surface area contributed by atoms with Gasteiger partial charge in [-0.1, -0.05) is 29.8 Å². The lowest BCUT2D eigenvalue weighted by Gasteiger charge is -2.26. The average molecular weight is 562 g/mol. The largest absolute Gasteiger partial charge is 0.379 e. The Kier molecular flexibility index (Phi) is 9.85. The van der Waals surface area contributed by atoms with Crippen molar-refractivity contribution >= 4 is 55.0 Å². The molecular formula is C22H28ClN3O6S3. The number of hydrogen-bond donors (Lipinski definition) is 1. The van der Waals surface area contributed by atoms with Crippen LogP contribution in [-0.4, -0.2) is 78.4 Å². The van der Waals surface area contributed by atoms with Gasteiger partial charge < -0.3 is 10.1 Å². The van der Waals surface area contributed by atoms with Crippen molar-refractivity contribution in [3.63, 3.8) is 0 Å². The zero-order valence-corrected chi connectivity index (χ0v) is 22.4. The molecule has 3 rings (SSSR count). The molecule has 9 nitrogen and oxygen atoms in total. The van der Waals surface area contributed by atoms with Gasteiger partial charge in [-0.2, -0.15) is 16.1 Å². The van der Waals surface area contributed by atoms with E-state index in [2.05, 4.69) is 5.32 Å². The number of carbonyl (C=O) groups excluding carboxylic acids is 1. The number of nitrogens with zero attached hydrogens (tertiary/aromatic N) is 2. The molecule has 1 amide bonds. The topological polar surface area (TPSA) is 113 Å². The van der Waals surface area contributed by atoms with Crippen LogP contribution in [0.3, 0.4) is 0 Å². The van der Waals surface area contributed by atoms with Crippen molar-refractivity contribution in [2.75, 3.05) is 55.7 Å². The molecule has 0 aliphatic carbocycles. The monoisotopic (exact) mass is 561 g/mol. The first-order chi connectivity index (χ1) is 16.6. The number of thioether (sulfide) groups is 1. The van der Waals surface area contributed by atoms with Crippen molar-refractivity contribution in [2.45, 2.75) is 10.6 Å². The first kappa shape index (κ1) is 27.8. The van der Waals surface area contributed by atoms with Crippen LogP contribution >= 0.6 is 23.4 Å². The summed E-state index contributed by atoms with van der Waals surface area (Å²) in [5.41, 5.74) is 1.21. The van der Waals surface area contributed by atoms with Gasteiger partial charge in [0, 0.05) is 36.2 Å². The fourth-order valence-electron chi connectivity index (χ4n) is 3.37. The Morgan fingerprint density at radius 2 is 1.74 bits per heavy atom. The number of hydrogen-bond acceptors (Lipinski definition) is 7. The second kappa shape index (κ2) is 12.4. The van der Waals surface area contributed by atoms with Gasteiger partial charge >= 0.3 is 0 Å². The minimum absolute atomic E-state index is 0.0524. The van der Waals surface area contributed by atoms with Crippen LogP contribution in [0.4, 0.5) is 5.69 Å². The first-order valence-corrected chi connectivity index (χ1v) is 15.6. The van der Waals surface area contributed by atoms with Crippen LogP contribution in [0.1, 0.15) is 5.56 Å². The van der Waals surface area contributed by atoms with Gasteiger partial charge in [-0.25, -0.2) is 16.8 Å². The van der Waals surface area contributed by atoms with Crippen LogP contribution < -0.4 is 9.62 Å². The van der Waals surface area contributed by atoms with Crippen LogP contribution in [0.25, 0.3) is 0 Å². The Morgan fingerprint density at radius 3 is 2.37 bits per heavy atom. The number of sulfonamides is 2. The first-order valence-electron chi connectivity index (χ1n) is 10.8. The molecule has 192 valence electrons. The summed E-state index contributed by atoms with van der Waals surface area (Å²) in [6, 6.07) is 13.0. The van der Waals surface area contributed by atoms with Crippen molar-refractivity contribution in [3.8, 4) is 0 Å². The van der Waals surface area contributed by atoms with Gasteiger partial charge in [0.25, 0.3) is 0 Å². The Balaban J connectivity index is 1.56. The zero-order chi connectivity index (χ0) is 25.5. The third-order valence-electron chi connectivity index (χ3n) is 5.20. The summed E-state index contributed by atoms with van der Waals surface area (Å²) in [6.45, 7) is 1.12. The molecule has 2 aromatic rings. The van der Waals surface area contributed by atoms with Crippen LogP contribution in [-0.2, 0) is 35.3 Å². The van der Waals surface area contributed by atoms with Crippen molar-refractivity contribution in [1.29, 1.82) is 0 Å². The fraction of sp³-hybridized carbons (Fsp3) is 0.409. The number of anilines is 1. The number of morpholine rings is 1. The predicted molar refractivity (Wildman–Crippen MR) is 139 cm³/mol. The maximum absolute atomic E-state index is 12.8. The third kappa shape index (κ3) is 7.83. The van der Waals surface area contributed by atoms with Crippen molar-refractivity contribution in [1.82, 2.24) is 9.62 Å². The third-order valence-corrected chi connectivity index (χ3v) is 9.63. The van der Waals surface area contributed by atoms with Gasteiger partial charge in [0.1, 0.15) is 6.54 Å².